The Morgan fingerprint density at radius 2 is 2.36 bits per heavy atom. The van der Waals surface area contributed by atoms with Gasteiger partial charge in [0.25, 0.3) is 0 Å². The van der Waals surface area contributed by atoms with Crippen LogP contribution in [0, 0.1) is 0 Å². The van der Waals surface area contributed by atoms with Gasteiger partial charge in [-0.15, -0.1) is 0 Å². The maximum atomic E-state index is 5.62. The second-order valence-corrected chi connectivity index (χ2v) is 3.25. The van der Waals surface area contributed by atoms with E-state index in [1.165, 1.54) is 12.8 Å². The fourth-order valence-corrected chi connectivity index (χ4v) is 1.91. The smallest absolute Gasteiger partial charge is 0.126 e. The number of hydrogen-bond acceptors (Lipinski definition) is 2. The third kappa shape index (κ3) is 1.27. The lowest BCUT2D eigenvalue weighted by Gasteiger charge is -2.17. The molecule has 2 rings (SSSR count). The maximum absolute atomic E-state index is 5.62. The van der Waals surface area contributed by atoms with Gasteiger partial charge in [-0.05, 0) is 19.8 Å². The first kappa shape index (κ1) is 7.17. The van der Waals surface area contributed by atoms with Crippen molar-refractivity contribution in [1.82, 2.24) is 0 Å². The molecule has 0 aromatic heterocycles. The van der Waals surface area contributed by atoms with Gasteiger partial charge in [-0.3, -0.25) is 0 Å². The Morgan fingerprint density at radius 1 is 1.45 bits per heavy atom. The predicted molar refractivity (Wildman–Crippen MR) is 42.2 cm³/mol. The molecule has 62 valence electrons. The molecule has 2 heteroatoms. The highest BCUT2D eigenvalue weighted by atomic mass is 16.6. The van der Waals surface area contributed by atoms with Crippen molar-refractivity contribution < 1.29 is 9.47 Å². The fourth-order valence-electron chi connectivity index (χ4n) is 1.91. The average molecular weight is 154 g/mol. The van der Waals surface area contributed by atoms with Crippen LogP contribution in [-0.4, -0.2) is 18.3 Å². The topological polar surface area (TPSA) is 18.5 Å². The average Bonchev–Trinajstić information content (AvgIpc) is 2.60. The predicted octanol–water partition coefficient (Wildman–Crippen LogP) is 1.86. The van der Waals surface area contributed by atoms with Gasteiger partial charge < -0.3 is 9.47 Å². The Hall–Kier alpha value is -0.500. The second kappa shape index (κ2) is 2.86. The van der Waals surface area contributed by atoms with E-state index in [0.717, 1.165) is 6.42 Å². The third-order valence-corrected chi connectivity index (χ3v) is 2.44. The number of allylic oxidation sites excluding steroid dienone is 1. The van der Waals surface area contributed by atoms with Crippen LogP contribution in [0.25, 0.3) is 0 Å². The molecule has 0 amide bonds. The van der Waals surface area contributed by atoms with E-state index >= 15 is 0 Å². The summed E-state index contributed by atoms with van der Waals surface area (Å²) in [7, 11) is 0. The highest BCUT2D eigenvalue weighted by Crippen LogP contribution is 2.35. The first-order valence-electron chi connectivity index (χ1n) is 4.32. The largest absolute Gasteiger partial charge is 0.496 e. The number of rotatable bonds is 2. The van der Waals surface area contributed by atoms with Crippen LogP contribution >= 0.6 is 0 Å². The molecule has 3 unspecified atom stereocenters. The van der Waals surface area contributed by atoms with Crippen LogP contribution in [0.5, 0.6) is 0 Å². The zero-order chi connectivity index (χ0) is 7.68. The molecule has 2 aliphatic rings. The van der Waals surface area contributed by atoms with Crippen molar-refractivity contribution in [1.29, 1.82) is 0 Å². The molecule has 2 heterocycles. The van der Waals surface area contributed by atoms with Crippen LogP contribution in [0.1, 0.15) is 26.2 Å². The summed E-state index contributed by atoms with van der Waals surface area (Å²) < 4.78 is 11.1. The Bertz CT molecular complexity index is 165. The van der Waals surface area contributed by atoms with E-state index in [4.69, 9.17) is 9.47 Å². The number of ether oxygens (including phenoxy) is 2. The van der Waals surface area contributed by atoms with E-state index in [2.05, 4.69) is 0 Å². The summed E-state index contributed by atoms with van der Waals surface area (Å²) in [5, 5.41) is 0. The van der Waals surface area contributed by atoms with Gasteiger partial charge in [0.2, 0.25) is 0 Å². The quantitative estimate of drug-likeness (QED) is 0.565. The minimum absolute atomic E-state index is 0.338. The Balaban J connectivity index is 1.87. The summed E-state index contributed by atoms with van der Waals surface area (Å²) in [5.41, 5.74) is 0. The molecule has 2 saturated heterocycles. The lowest BCUT2D eigenvalue weighted by Crippen LogP contribution is -2.23. The maximum Gasteiger partial charge on any atom is 0.126 e. The molecular formula is C9H14O2. The van der Waals surface area contributed by atoms with Gasteiger partial charge >= 0.3 is 0 Å². The molecule has 2 bridgehead atoms. The van der Waals surface area contributed by atoms with Crippen molar-refractivity contribution >= 4 is 0 Å². The minimum atomic E-state index is 0.338. The van der Waals surface area contributed by atoms with Crippen molar-refractivity contribution in [3.8, 4) is 0 Å². The van der Waals surface area contributed by atoms with E-state index in [1.807, 2.05) is 13.0 Å². The lowest BCUT2D eigenvalue weighted by atomic mass is 9.98. The summed E-state index contributed by atoms with van der Waals surface area (Å²) in [6.07, 6.45) is 8.43. The second-order valence-electron chi connectivity index (χ2n) is 3.25. The molecular weight excluding hydrogens is 140 g/mol. The zero-order valence-corrected chi connectivity index (χ0v) is 6.82. The zero-order valence-electron chi connectivity index (χ0n) is 6.82. The first-order chi connectivity index (χ1) is 5.40. The van der Waals surface area contributed by atoms with Gasteiger partial charge in [-0.1, -0.05) is 6.08 Å². The van der Waals surface area contributed by atoms with E-state index in [0.29, 0.717) is 18.3 Å². The van der Waals surface area contributed by atoms with Crippen LogP contribution < -0.4 is 0 Å². The molecule has 0 aliphatic carbocycles. The molecule has 3 atom stereocenters. The van der Waals surface area contributed by atoms with Crippen LogP contribution in [-0.2, 0) is 9.47 Å². The summed E-state index contributed by atoms with van der Waals surface area (Å²) in [6.45, 7) is 1.97. The molecule has 0 aromatic carbocycles. The van der Waals surface area contributed by atoms with Gasteiger partial charge in [0.1, 0.15) is 6.10 Å². The Kier molecular flexibility index (Phi) is 1.86. The first-order valence-corrected chi connectivity index (χ1v) is 4.32. The molecule has 0 saturated carbocycles. The molecule has 11 heavy (non-hydrogen) atoms. The molecule has 2 fully saturated rings. The Morgan fingerprint density at radius 3 is 2.91 bits per heavy atom. The number of fused-ring (bicyclic) bond motifs is 2. The summed E-state index contributed by atoms with van der Waals surface area (Å²) in [4.78, 5) is 0. The van der Waals surface area contributed by atoms with Crippen molar-refractivity contribution in [2.45, 2.75) is 44.5 Å². The molecule has 0 spiro atoms. The summed E-state index contributed by atoms with van der Waals surface area (Å²) >= 11 is 0. The van der Waals surface area contributed by atoms with Gasteiger partial charge in [-0.2, -0.15) is 0 Å². The SMILES string of the molecule is C/C=C/OC1CC2CCC1O2. The van der Waals surface area contributed by atoms with E-state index in [9.17, 15) is 0 Å². The van der Waals surface area contributed by atoms with Crippen molar-refractivity contribution in [2.24, 2.45) is 0 Å². The van der Waals surface area contributed by atoms with Crippen molar-refractivity contribution in [2.75, 3.05) is 0 Å². The highest BCUT2D eigenvalue weighted by molar-refractivity contribution is 4.91. The van der Waals surface area contributed by atoms with Gasteiger partial charge in [0.05, 0.1) is 18.5 Å². The standard InChI is InChI=1S/C9H14O2/c1-2-5-10-9-6-7-3-4-8(9)11-7/h2,5,7-9H,3-4,6H2,1H3/b5-2+. The molecule has 0 radical (unpaired) electrons. The van der Waals surface area contributed by atoms with E-state index in [1.54, 1.807) is 6.26 Å². The Labute approximate surface area is 67.2 Å². The summed E-state index contributed by atoms with van der Waals surface area (Å²) in [6, 6.07) is 0. The van der Waals surface area contributed by atoms with Crippen LogP contribution in [0.4, 0.5) is 0 Å². The number of hydrogen-bond donors (Lipinski definition) is 0. The van der Waals surface area contributed by atoms with Crippen LogP contribution in [0.15, 0.2) is 12.3 Å². The molecule has 0 N–H and O–H groups in total. The van der Waals surface area contributed by atoms with Crippen LogP contribution in [0.2, 0.25) is 0 Å². The highest BCUT2D eigenvalue weighted by Gasteiger charge is 2.41. The lowest BCUT2D eigenvalue weighted by molar-refractivity contribution is 0.0446. The van der Waals surface area contributed by atoms with Gasteiger partial charge in [0.15, 0.2) is 0 Å². The molecule has 2 aliphatic heterocycles. The van der Waals surface area contributed by atoms with Crippen molar-refractivity contribution in [3.05, 3.63) is 12.3 Å². The van der Waals surface area contributed by atoms with Crippen molar-refractivity contribution in [3.63, 3.8) is 0 Å². The van der Waals surface area contributed by atoms with E-state index < -0.39 is 0 Å². The third-order valence-electron chi connectivity index (χ3n) is 2.44. The minimum Gasteiger partial charge on any atom is -0.496 e. The normalized spacial score (nSPS) is 42.1. The summed E-state index contributed by atoms with van der Waals surface area (Å²) in [5.74, 6) is 0. The van der Waals surface area contributed by atoms with Gasteiger partial charge in [0, 0.05) is 6.42 Å². The van der Waals surface area contributed by atoms with Gasteiger partial charge in [-0.25, -0.2) is 0 Å². The van der Waals surface area contributed by atoms with E-state index in [-0.39, 0.29) is 0 Å². The fraction of sp³-hybridized carbons (Fsp3) is 0.778. The van der Waals surface area contributed by atoms with Crippen LogP contribution in [0.3, 0.4) is 0 Å². The molecule has 0 aromatic rings. The monoisotopic (exact) mass is 154 g/mol. The molecule has 2 nitrogen and oxygen atoms in total.